The van der Waals surface area contributed by atoms with Gasteiger partial charge in [0.15, 0.2) is 0 Å². The monoisotopic (exact) mass is 182 g/mol. The van der Waals surface area contributed by atoms with Crippen LogP contribution >= 0.6 is 0 Å². The normalized spacial score (nSPS) is 12.2. The second kappa shape index (κ2) is 4.51. The Labute approximate surface area is 75.4 Å². The van der Waals surface area contributed by atoms with E-state index in [1.54, 1.807) is 0 Å². The molecule has 0 bridgehead atoms. The van der Waals surface area contributed by atoms with Crippen molar-refractivity contribution in [2.45, 2.75) is 12.5 Å². The zero-order valence-corrected chi connectivity index (χ0v) is 7.17. The van der Waals surface area contributed by atoms with Crippen LogP contribution in [0.1, 0.15) is 18.2 Å². The number of ether oxygens (including phenoxy) is 1. The highest BCUT2D eigenvalue weighted by molar-refractivity contribution is 5.69. The van der Waals surface area contributed by atoms with Crippen LogP contribution in [0.15, 0.2) is 18.6 Å². The summed E-state index contributed by atoms with van der Waals surface area (Å²) < 4.78 is 4.40. The van der Waals surface area contributed by atoms with Gasteiger partial charge in [0.05, 0.1) is 25.4 Å². The summed E-state index contributed by atoms with van der Waals surface area (Å²) in [5.41, 5.74) is 0.368. The number of carbonyl (C=O) groups excluding carboxylic acids is 1. The fourth-order valence-corrected chi connectivity index (χ4v) is 0.828. The molecule has 0 spiro atoms. The van der Waals surface area contributed by atoms with Gasteiger partial charge in [0, 0.05) is 12.4 Å². The average molecular weight is 182 g/mol. The number of aliphatic hydroxyl groups excluding tert-OH is 1. The molecule has 1 atom stereocenters. The van der Waals surface area contributed by atoms with E-state index < -0.39 is 12.1 Å². The van der Waals surface area contributed by atoms with Crippen LogP contribution in [0, 0.1) is 0 Å². The third kappa shape index (κ3) is 2.79. The predicted octanol–water partition coefficient (Wildman–Crippen LogP) is 0.0731. The third-order valence-electron chi connectivity index (χ3n) is 1.51. The zero-order valence-electron chi connectivity index (χ0n) is 7.17. The summed E-state index contributed by atoms with van der Waals surface area (Å²) in [5.74, 6) is -0.474. The molecule has 0 radical (unpaired) electrons. The highest BCUT2D eigenvalue weighted by Gasteiger charge is 2.13. The van der Waals surface area contributed by atoms with Crippen molar-refractivity contribution in [1.29, 1.82) is 0 Å². The maximum Gasteiger partial charge on any atom is 0.308 e. The van der Waals surface area contributed by atoms with Gasteiger partial charge in [0.1, 0.15) is 6.10 Å². The number of aliphatic hydroxyl groups is 1. The minimum atomic E-state index is -0.943. The minimum absolute atomic E-state index is 0.102. The number of esters is 1. The Morgan fingerprint density at radius 3 is 3.00 bits per heavy atom. The predicted molar refractivity (Wildman–Crippen MR) is 43.6 cm³/mol. The highest BCUT2D eigenvalue weighted by Crippen LogP contribution is 2.12. The summed E-state index contributed by atoms with van der Waals surface area (Å²) in [4.78, 5) is 18.4. The average Bonchev–Trinajstić information content (AvgIpc) is 2.19. The molecule has 0 aliphatic heterocycles. The smallest absolute Gasteiger partial charge is 0.308 e. The van der Waals surface area contributed by atoms with Gasteiger partial charge in [-0.3, -0.25) is 14.8 Å². The van der Waals surface area contributed by atoms with E-state index in [0.717, 1.165) is 0 Å². The Balaban J connectivity index is 2.59. The van der Waals surface area contributed by atoms with Gasteiger partial charge in [-0.25, -0.2) is 0 Å². The fraction of sp³-hybridized carbons (Fsp3) is 0.375. The van der Waals surface area contributed by atoms with Gasteiger partial charge in [0.25, 0.3) is 0 Å². The van der Waals surface area contributed by atoms with Crippen LogP contribution in [-0.2, 0) is 9.53 Å². The summed E-state index contributed by atoms with van der Waals surface area (Å²) in [6.07, 6.45) is 3.31. The Bertz CT molecular complexity index is 276. The maximum atomic E-state index is 10.8. The molecule has 0 aliphatic rings. The lowest BCUT2D eigenvalue weighted by Gasteiger charge is -2.06. The lowest BCUT2D eigenvalue weighted by atomic mass is 10.2. The van der Waals surface area contributed by atoms with E-state index in [9.17, 15) is 9.90 Å². The zero-order chi connectivity index (χ0) is 9.68. The molecule has 0 aromatic carbocycles. The van der Waals surface area contributed by atoms with Crippen molar-refractivity contribution in [1.82, 2.24) is 9.97 Å². The van der Waals surface area contributed by atoms with Crippen molar-refractivity contribution in [2.75, 3.05) is 7.11 Å². The topological polar surface area (TPSA) is 72.3 Å². The van der Waals surface area contributed by atoms with Crippen LogP contribution in [0.25, 0.3) is 0 Å². The lowest BCUT2D eigenvalue weighted by molar-refractivity contribution is -0.142. The molecule has 1 aromatic rings. The second-order valence-electron chi connectivity index (χ2n) is 2.43. The number of hydrogen-bond donors (Lipinski definition) is 1. The van der Waals surface area contributed by atoms with Crippen LogP contribution in [0.4, 0.5) is 0 Å². The first-order valence-electron chi connectivity index (χ1n) is 3.75. The molecule has 1 rings (SSSR count). The fourth-order valence-electron chi connectivity index (χ4n) is 0.828. The molecular weight excluding hydrogens is 172 g/mol. The Kier molecular flexibility index (Phi) is 3.33. The summed E-state index contributed by atoms with van der Waals surface area (Å²) in [5, 5.41) is 9.42. The molecule has 0 saturated heterocycles. The standard InChI is InChI=1S/C8H10N2O3/c1-13-8(12)4-7(11)6-5-9-2-3-10-6/h2-3,5,7,11H,4H2,1H3/t7-/m1/s1. The first-order valence-corrected chi connectivity index (χ1v) is 3.75. The van der Waals surface area contributed by atoms with E-state index in [2.05, 4.69) is 14.7 Å². The number of hydrogen-bond acceptors (Lipinski definition) is 5. The molecule has 0 unspecified atom stereocenters. The van der Waals surface area contributed by atoms with E-state index >= 15 is 0 Å². The molecule has 0 saturated carbocycles. The molecule has 0 fully saturated rings. The van der Waals surface area contributed by atoms with Crippen molar-refractivity contribution in [2.24, 2.45) is 0 Å². The molecule has 5 nitrogen and oxygen atoms in total. The van der Waals surface area contributed by atoms with Crippen LogP contribution in [0.3, 0.4) is 0 Å². The van der Waals surface area contributed by atoms with Crippen LogP contribution in [-0.4, -0.2) is 28.2 Å². The molecule has 0 aliphatic carbocycles. The van der Waals surface area contributed by atoms with Gasteiger partial charge >= 0.3 is 5.97 Å². The van der Waals surface area contributed by atoms with Crippen molar-refractivity contribution < 1.29 is 14.6 Å². The maximum absolute atomic E-state index is 10.8. The van der Waals surface area contributed by atoms with Crippen molar-refractivity contribution >= 4 is 5.97 Å². The Morgan fingerprint density at radius 2 is 2.46 bits per heavy atom. The third-order valence-corrected chi connectivity index (χ3v) is 1.51. The van der Waals surface area contributed by atoms with Crippen LogP contribution in [0.5, 0.6) is 0 Å². The van der Waals surface area contributed by atoms with E-state index in [1.807, 2.05) is 0 Å². The first-order chi connectivity index (χ1) is 6.24. The number of rotatable bonds is 3. The van der Waals surface area contributed by atoms with Gasteiger partial charge in [0.2, 0.25) is 0 Å². The molecule has 70 valence electrons. The molecule has 5 heteroatoms. The first kappa shape index (κ1) is 9.60. The van der Waals surface area contributed by atoms with Crippen LogP contribution < -0.4 is 0 Å². The van der Waals surface area contributed by atoms with E-state index in [1.165, 1.54) is 25.7 Å². The number of aromatic nitrogens is 2. The molecule has 0 amide bonds. The van der Waals surface area contributed by atoms with Gasteiger partial charge in [-0.15, -0.1) is 0 Å². The second-order valence-corrected chi connectivity index (χ2v) is 2.43. The van der Waals surface area contributed by atoms with Crippen LogP contribution in [0.2, 0.25) is 0 Å². The summed E-state index contributed by atoms with van der Waals surface area (Å²) >= 11 is 0. The van der Waals surface area contributed by atoms with E-state index in [0.29, 0.717) is 5.69 Å². The largest absolute Gasteiger partial charge is 0.469 e. The number of nitrogens with zero attached hydrogens (tertiary/aromatic N) is 2. The summed E-state index contributed by atoms with van der Waals surface area (Å²) in [6, 6.07) is 0. The van der Waals surface area contributed by atoms with E-state index in [-0.39, 0.29) is 6.42 Å². The van der Waals surface area contributed by atoms with Gasteiger partial charge in [-0.05, 0) is 0 Å². The van der Waals surface area contributed by atoms with Gasteiger partial charge in [-0.2, -0.15) is 0 Å². The lowest BCUT2D eigenvalue weighted by Crippen LogP contribution is -2.09. The molecule has 1 aromatic heterocycles. The molecule has 13 heavy (non-hydrogen) atoms. The summed E-state index contributed by atoms with van der Waals surface area (Å²) in [6.45, 7) is 0. The molecular formula is C8H10N2O3. The summed E-state index contributed by atoms with van der Waals surface area (Å²) in [7, 11) is 1.27. The number of methoxy groups -OCH3 is 1. The number of carbonyl (C=O) groups is 1. The quantitative estimate of drug-likeness (QED) is 0.670. The molecule has 1 N–H and O–H groups in total. The molecule has 1 heterocycles. The van der Waals surface area contributed by atoms with Crippen molar-refractivity contribution in [3.63, 3.8) is 0 Å². The van der Waals surface area contributed by atoms with E-state index in [4.69, 9.17) is 0 Å². The van der Waals surface area contributed by atoms with Gasteiger partial charge in [-0.1, -0.05) is 0 Å². The SMILES string of the molecule is COC(=O)C[C@@H](O)c1cnccn1. The van der Waals surface area contributed by atoms with Crippen molar-refractivity contribution in [3.8, 4) is 0 Å². The van der Waals surface area contributed by atoms with Crippen molar-refractivity contribution in [3.05, 3.63) is 24.3 Å². The minimum Gasteiger partial charge on any atom is -0.469 e. The Hall–Kier alpha value is -1.49. The Morgan fingerprint density at radius 1 is 1.69 bits per heavy atom. The van der Waals surface area contributed by atoms with Gasteiger partial charge < -0.3 is 9.84 Å². The highest BCUT2D eigenvalue weighted by atomic mass is 16.5.